The first-order valence-corrected chi connectivity index (χ1v) is 12.1. The third kappa shape index (κ3) is 5.14. The summed E-state index contributed by atoms with van der Waals surface area (Å²) >= 11 is 0. The minimum absolute atomic E-state index is 0.0218. The Kier molecular flexibility index (Phi) is 7.18. The van der Waals surface area contributed by atoms with Crippen LogP contribution in [0.25, 0.3) is 10.9 Å². The maximum absolute atomic E-state index is 14.6. The van der Waals surface area contributed by atoms with Crippen molar-refractivity contribution in [3.8, 4) is 0 Å². The first kappa shape index (κ1) is 25.5. The number of nitrogens with two attached hydrogens (primary N) is 1. The molecule has 0 aliphatic carbocycles. The Hall–Kier alpha value is -4.13. The molecule has 2 aliphatic rings. The molecule has 0 spiro atoms. The molecular formula is C26H26FN5O6. The molecule has 3 heterocycles. The van der Waals surface area contributed by atoms with E-state index in [1.807, 2.05) is 0 Å². The largest absolute Gasteiger partial charge is 0.384 e. The molecular weight excluding hydrogens is 497 g/mol. The number of nitrogens with zero attached hydrogens (tertiary/aromatic N) is 3. The molecule has 0 saturated carbocycles. The zero-order valence-corrected chi connectivity index (χ0v) is 20.3. The minimum Gasteiger partial charge on any atom is -0.384 e. The van der Waals surface area contributed by atoms with Gasteiger partial charge in [-0.25, -0.2) is 9.37 Å². The normalized spacial score (nSPS) is 18.9. The second kappa shape index (κ2) is 10.7. The molecule has 4 N–H and O–H groups in total. The van der Waals surface area contributed by atoms with E-state index in [4.69, 9.17) is 15.2 Å². The first-order chi connectivity index (χ1) is 18.3. The number of carbonyl (C=O) groups is 3. The van der Waals surface area contributed by atoms with E-state index in [-0.39, 0.29) is 24.4 Å². The number of ether oxygens (including phenoxy) is 2. The molecule has 12 heteroatoms. The SMILES string of the molecule is Nc1ccc2cc(NC(=O)C(O)C3OCCN(c4ccc(F)c(C(=O)N5CCOCC5)c4)C3=O)ccc2n1. The van der Waals surface area contributed by atoms with Gasteiger partial charge in [-0.15, -0.1) is 0 Å². The monoisotopic (exact) mass is 523 g/mol. The molecule has 38 heavy (non-hydrogen) atoms. The summed E-state index contributed by atoms with van der Waals surface area (Å²) in [4.78, 5) is 45.9. The van der Waals surface area contributed by atoms with Gasteiger partial charge in [0.15, 0.2) is 12.2 Å². The number of rotatable bonds is 5. The van der Waals surface area contributed by atoms with Crippen LogP contribution in [0.4, 0.5) is 21.6 Å². The summed E-state index contributed by atoms with van der Waals surface area (Å²) in [5, 5.41) is 14.0. The Labute approximate surface area is 216 Å². The van der Waals surface area contributed by atoms with Crippen LogP contribution in [0.2, 0.25) is 0 Å². The van der Waals surface area contributed by atoms with Crippen LogP contribution in [0.1, 0.15) is 10.4 Å². The first-order valence-electron chi connectivity index (χ1n) is 12.1. The van der Waals surface area contributed by atoms with Crippen molar-refractivity contribution in [2.45, 2.75) is 12.2 Å². The van der Waals surface area contributed by atoms with E-state index in [0.717, 1.165) is 11.5 Å². The number of nitrogen functional groups attached to an aromatic ring is 1. The molecule has 2 fully saturated rings. The van der Waals surface area contributed by atoms with Gasteiger partial charge in [-0.3, -0.25) is 14.4 Å². The number of morpholine rings is 2. The molecule has 3 aromatic rings. The summed E-state index contributed by atoms with van der Waals surface area (Å²) < 4.78 is 25.3. The topological polar surface area (TPSA) is 147 Å². The fourth-order valence-corrected chi connectivity index (χ4v) is 4.44. The van der Waals surface area contributed by atoms with Gasteiger partial charge in [0, 0.05) is 36.4 Å². The van der Waals surface area contributed by atoms with Crippen molar-refractivity contribution in [3.63, 3.8) is 0 Å². The summed E-state index contributed by atoms with van der Waals surface area (Å²) in [6.07, 6.45) is -3.31. The summed E-state index contributed by atoms with van der Waals surface area (Å²) in [5.41, 5.74) is 6.80. The summed E-state index contributed by atoms with van der Waals surface area (Å²) in [6, 6.07) is 12.1. The number of carbonyl (C=O) groups excluding carboxylic acids is 3. The Morgan fingerprint density at radius 3 is 2.66 bits per heavy atom. The number of aromatic nitrogens is 1. The molecule has 5 rings (SSSR count). The molecule has 2 aliphatic heterocycles. The molecule has 1 aromatic heterocycles. The Morgan fingerprint density at radius 1 is 1.08 bits per heavy atom. The van der Waals surface area contributed by atoms with E-state index in [9.17, 15) is 23.9 Å². The standard InChI is InChI=1S/C26H26FN5O6/c27-19-4-3-17(14-18(19)25(35)31-7-10-37-11-8-31)32-9-12-38-23(26(32)36)22(33)24(34)29-16-2-5-20-15(13-16)1-6-21(28)30-20/h1-6,13-14,22-23,33H,7-12H2,(H2,28,30)(H,29,34). The van der Waals surface area contributed by atoms with Gasteiger partial charge >= 0.3 is 0 Å². The highest BCUT2D eigenvalue weighted by Gasteiger charge is 2.39. The Balaban J connectivity index is 1.30. The fraction of sp³-hybridized carbons (Fsp3) is 0.308. The van der Waals surface area contributed by atoms with Crippen molar-refractivity contribution in [3.05, 3.63) is 59.9 Å². The van der Waals surface area contributed by atoms with Gasteiger partial charge in [0.05, 0.1) is 30.9 Å². The lowest BCUT2D eigenvalue weighted by atomic mass is 10.1. The van der Waals surface area contributed by atoms with Gasteiger partial charge in [-0.2, -0.15) is 0 Å². The number of hydrogen-bond acceptors (Lipinski definition) is 8. The van der Waals surface area contributed by atoms with E-state index < -0.39 is 35.7 Å². The highest BCUT2D eigenvalue weighted by Crippen LogP contribution is 2.25. The fourth-order valence-electron chi connectivity index (χ4n) is 4.44. The van der Waals surface area contributed by atoms with Crippen LogP contribution < -0.4 is 16.0 Å². The Morgan fingerprint density at radius 2 is 1.87 bits per heavy atom. The summed E-state index contributed by atoms with van der Waals surface area (Å²) in [7, 11) is 0. The van der Waals surface area contributed by atoms with Crippen LogP contribution in [0.3, 0.4) is 0 Å². The lowest BCUT2D eigenvalue weighted by molar-refractivity contribution is -0.150. The van der Waals surface area contributed by atoms with Gasteiger partial charge < -0.3 is 35.4 Å². The van der Waals surface area contributed by atoms with Gasteiger partial charge in [0.2, 0.25) is 0 Å². The molecule has 0 bridgehead atoms. The third-order valence-corrected chi connectivity index (χ3v) is 6.45. The number of halogens is 1. The van der Waals surface area contributed by atoms with Crippen LogP contribution in [0.15, 0.2) is 48.5 Å². The van der Waals surface area contributed by atoms with E-state index in [2.05, 4.69) is 10.3 Å². The minimum atomic E-state index is -1.82. The second-order valence-electron chi connectivity index (χ2n) is 8.93. The smallest absolute Gasteiger partial charge is 0.259 e. The zero-order chi connectivity index (χ0) is 26.8. The molecule has 11 nitrogen and oxygen atoms in total. The van der Waals surface area contributed by atoms with E-state index >= 15 is 0 Å². The zero-order valence-electron chi connectivity index (χ0n) is 20.3. The highest BCUT2D eigenvalue weighted by atomic mass is 19.1. The average Bonchev–Trinajstić information content (AvgIpc) is 2.93. The highest BCUT2D eigenvalue weighted by molar-refractivity contribution is 6.05. The third-order valence-electron chi connectivity index (χ3n) is 6.45. The van der Waals surface area contributed by atoms with Crippen LogP contribution >= 0.6 is 0 Å². The predicted molar refractivity (Wildman–Crippen MR) is 136 cm³/mol. The molecule has 2 aromatic carbocycles. The number of amides is 3. The van der Waals surface area contributed by atoms with Gasteiger partial charge in [0.1, 0.15) is 11.6 Å². The van der Waals surface area contributed by atoms with Crippen LogP contribution in [-0.2, 0) is 19.1 Å². The van der Waals surface area contributed by atoms with Crippen molar-refractivity contribution in [2.24, 2.45) is 0 Å². The van der Waals surface area contributed by atoms with Crippen LogP contribution in [0, 0.1) is 5.82 Å². The lowest BCUT2D eigenvalue weighted by Crippen LogP contribution is -2.55. The number of aliphatic hydroxyl groups excluding tert-OH is 1. The molecule has 2 unspecified atom stereocenters. The molecule has 2 saturated heterocycles. The molecule has 198 valence electrons. The molecule has 2 atom stereocenters. The van der Waals surface area contributed by atoms with Crippen molar-refractivity contribution in [2.75, 3.05) is 55.4 Å². The van der Waals surface area contributed by atoms with Crippen molar-refractivity contribution >= 4 is 45.8 Å². The summed E-state index contributed by atoms with van der Waals surface area (Å²) in [6.45, 7) is 1.52. The van der Waals surface area contributed by atoms with Gasteiger partial charge in [-0.05, 0) is 48.5 Å². The maximum atomic E-state index is 14.6. The van der Waals surface area contributed by atoms with E-state index in [1.165, 1.54) is 21.9 Å². The lowest BCUT2D eigenvalue weighted by Gasteiger charge is -2.34. The number of pyridine rings is 1. The van der Waals surface area contributed by atoms with Crippen LogP contribution in [-0.4, -0.2) is 84.4 Å². The van der Waals surface area contributed by atoms with Crippen molar-refractivity contribution in [1.82, 2.24) is 9.88 Å². The van der Waals surface area contributed by atoms with Gasteiger partial charge in [0.25, 0.3) is 17.7 Å². The molecule has 3 amide bonds. The number of hydrogen-bond donors (Lipinski definition) is 3. The summed E-state index contributed by atoms with van der Waals surface area (Å²) in [5.74, 6) is -2.38. The van der Waals surface area contributed by atoms with E-state index in [1.54, 1.807) is 30.3 Å². The molecule has 0 radical (unpaired) electrons. The maximum Gasteiger partial charge on any atom is 0.259 e. The second-order valence-corrected chi connectivity index (χ2v) is 8.93. The van der Waals surface area contributed by atoms with Gasteiger partial charge in [-0.1, -0.05) is 0 Å². The van der Waals surface area contributed by atoms with Crippen molar-refractivity contribution < 1.29 is 33.4 Å². The average molecular weight is 524 g/mol. The number of benzene rings is 2. The number of nitrogens with one attached hydrogen (secondary N) is 1. The van der Waals surface area contributed by atoms with Crippen LogP contribution in [0.5, 0.6) is 0 Å². The number of aliphatic hydroxyl groups is 1. The predicted octanol–water partition coefficient (Wildman–Crippen LogP) is 1.16. The van der Waals surface area contributed by atoms with Crippen molar-refractivity contribution in [1.29, 1.82) is 0 Å². The van der Waals surface area contributed by atoms with E-state index in [0.29, 0.717) is 43.3 Å². The Bertz CT molecular complexity index is 1400. The quantitative estimate of drug-likeness (QED) is 0.452. The number of fused-ring (bicyclic) bond motifs is 1. The number of anilines is 3.